The maximum Gasteiger partial charge on any atom is 0.229 e. The molecule has 2 aromatic carbocycles. The second-order valence-electron chi connectivity index (χ2n) is 6.44. The highest BCUT2D eigenvalue weighted by molar-refractivity contribution is 9.10. The van der Waals surface area contributed by atoms with Crippen molar-refractivity contribution in [2.45, 2.75) is 26.0 Å². The predicted molar refractivity (Wildman–Crippen MR) is 113 cm³/mol. The lowest BCUT2D eigenvalue weighted by Crippen LogP contribution is -2.29. The molecule has 1 N–H and O–H groups in total. The third-order valence-corrected chi connectivity index (χ3v) is 5.50. The average Bonchev–Trinajstić information content (AvgIpc) is 3.16. The van der Waals surface area contributed by atoms with Crippen molar-refractivity contribution in [3.05, 3.63) is 63.3 Å². The highest BCUT2D eigenvalue weighted by Gasteiger charge is 2.29. The maximum atomic E-state index is 12.1. The van der Waals surface area contributed by atoms with Crippen molar-refractivity contribution in [1.82, 2.24) is 14.8 Å². The van der Waals surface area contributed by atoms with Gasteiger partial charge in [-0.3, -0.25) is 10.1 Å². The van der Waals surface area contributed by atoms with Gasteiger partial charge in [-0.2, -0.15) is 10.1 Å². The van der Waals surface area contributed by atoms with Crippen molar-refractivity contribution < 1.29 is 14.3 Å². The van der Waals surface area contributed by atoms with Crippen LogP contribution in [-0.2, 0) is 11.4 Å². The summed E-state index contributed by atoms with van der Waals surface area (Å²) in [6.45, 7) is 2.68. The molecule has 9 heteroatoms. The molecular formula is C20H18BrClN4O3. The van der Waals surface area contributed by atoms with Crippen molar-refractivity contribution in [3.8, 4) is 11.5 Å². The minimum atomic E-state index is -0.283. The van der Waals surface area contributed by atoms with Gasteiger partial charge in [0.05, 0.1) is 23.5 Å². The van der Waals surface area contributed by atoms with Crippen LogP contribution in [0.15, 0.2) is 47.2 Å². The molecule has 1 atom stereocenters. The van der Waals surface area contributed by atoms with E-state index in [4.69, 9.17) is 21.1 Å². The molecule has 0 unspecified atom stereocenters. The second-order valence-corrected chi connectivity index (χ2v) is 7.70. The SMILES string of the molecule is CCOc1cc([C@H]2CC(=O)Nc3ncnn32)cc(Br)c1OCc1ccccc1Cl. The first kappa shape index (κ1) is 19.7. The fourth-order valence-corrected chi connectivity index (χ4v) is 3.98. The molecule has 0 radical (unpaired) electrons. The Hall–Kier alpha value is -2.58. The second kappa shape index (κ2) is 8.42. The van der Waals surface area contributed by atoms with Gasteiger partial charge in [-0.15, -0.1) is 0 Å². The zero-order valence-electron chi connectivity index (χ0n) is 15.6. The van der Waals surface area contributed by atoms with E-state index in [-0.39, 0.29) is 18.4 Å². The van der Waals surface area contributed by atoms with Gasteiger partial charge < -0.3 is 9.47 Å². The number of nitrogens with zero attached hydrogens (tertiary/aromatic N) is 3. The van der Waals surface area contributed by atoms with Gasteiger partial charge in [0.25, 0.3) is 0 Å². The summed E-state index contributed by atoms with van der Waals surface area (Å²) in [7, 11) is 0. The quantitative estimate of drug-likeness (QED) is 0.561. The number of nitrogens with one attached hydrogen (secondary N) is 1. The predicted octanol–water partition coefficient (Wildman–Crippen LogP) is 4.60. The smallest absolute Gasteiger partial charge is 0.229 e. The number of fused-ring (bicyclic) bond motifs is 1. The van der Waals surface area contributed by atoms with Crippen molar-refractivity contribution >= 4 is 39.4 Å². The Kier molecular flexibility index (Phi) is 5.73. The van der Waals surface area contributed by atoms with E-state index < -0.39 is 0 Å². The number of carbonyl (C=O) groups excluding carboxylic acids is 1. The molecule has 0 fully saturated rings. The third-order valence-electron chi connectivity index (χ3n) is 4.54. The van der Waals surface area contributed by atoms with Crippen molar-refractivity contribution in [2.75, 3.05) is 11.9 Å². The first-order chi connectivity index (χ1) is 14.1. The van der Waals surface area contributed by atoms with E-state index in [1.807, 2.05) is 43.3 Å². The van der Waals surface area contributed by atoms with Crippen LogP contribution in [0, 0.1) is 0 Å². The van der Waals surface area contributed by atoms with Crippen molar-refractivity contribution in [3.63, 3.8) is 0 Å². The molecule has 1 aliphatic rings. The zero-order chi connectivity index (χ0) is 20.4. The highest BCUT2D eigenvalue weighted by Crippen LogP contribution is 2.41. The monoisotopic (exact) mass is 476 g/mol. The molecule has 1 aromatic heterocycles. The van der Waals surface area contributed by atoms with Crippen LogP contribution < -0.4 is 14.8 Å². The number of ether oxygens (including phenoxy) is 2. The van der Waals surface area contributed by atoms with E-state index in [9.17, 15) is 4.79 Å². The summed E-state index contributed by atoms with van der Waals surface area (Å²) in [5.41, 5.74) is 1.75. The van der Waals surface area contributed by atoms with Gasteiger partial charge in [0.2, 0.25) is 11.9 Å². The molecule has 2 heterocycles. The molecule has 0 saturated carbocycles. The molecule has 3 aromatic rings. The van der Waals surface area contributed by atoms with E-state index >= 15 is 0 Å². The van der Waals surface area contributed by atoms with Crippen LogP contribution in [0.5, 0.6) is 11.5 Å². The Balaban J connectivity index is 1.67. The summed E-state index contributed by atoms with van der Waals surface area (Å²) in [4.78, 5) is 16.2. The van der Waals surface area contributed by atoms with Crippen LogP contribution >= 0.6 is 27.5 Å². The molecule has 29 heavy (non-hydrogen) atoms. The van der Waals surface area contributed by atoms with Crippen LogP contribution in [0.3, 0.4) is 0 Å². The lowest BCUT2D eigenvalue weighted by Gasteiger charge is -2.25. The lowest BCUT2D eigenvalue weighted by atomic mass is 10.0. The number of benzene rings is 2. The number of anilines is 1. The van der Waals surface area contributed by atoms with Gasteiger partial charge in [0.1, 0.15) is 12.9 Å². The summed E-state index contributed by atoms with van der Waals surface area (Å²) >= 11 is 9.82. The first-order valence-electron chi connectivity index (χ1n) is 9.08. The molecule has 0 aliphatic carbocycles. The summed E-state index contributed by atoms with van der Waals surface area (Å²) < 4.78 is 14.3. The molecule has 1 aliphatic heterocycles. The molecule has 0 bridgehead atoms. The van der Waals surface area contributed by atoms with Crippen LogP contribution in [-0.4, -0.2) is 27.3 Å². The van der Waals surface area contributed by atoms with E-state index in [0.29, 0.717) is 35.7 Å². The minimum Gasteiger partial charge on any atom is -0.490 e. The van der Waals surface area contributed by atoms with Crippen LogP contribution in [0.4, 0.5) is 5.95 Å². The van der Waals surface area contributed by atoms with Crippen molar-refractivity contribution in [2.24, 2.45) is 0 Å². The summed E-state index contributed by atoms with van der Waals surface area (Å²) in [5.74, 6) is 1.48. The van der Waals surface area contributed by atoms with E-state index in [0.717, 1.165) is 15.6 Å². The Morgan fingerprint density at radius 3 is 2.93 bits per heavy atom. The number of aromatic nitrogens is 3. The first-order valence-corrected chi connectivity index (χ1v) is 10.3. The number of rotatable bonds is 6. The number of halogens is 2. The molecule has 1 amide bonds. The summed E-state index contributed by atoms with van der Waals surface area (Å²) in [6.07, 6.45) is 1.68. The molecular weight excluding hydrogens is 460 g/mol. The summed E-state index contributed by atoms with van der Waals surface area (Å²) in [6, 6.07) is 11.0. The summed E-state index contributed by atoms with van der Waals surface area (Å²) in [5, 5.41) is 7.61. The third kappa shape index (κ3) is 4.09. The van der Waals surface area contributed by atoms with Gasteiger partial charge >= 0.3 is 0 Å². The number of hydrogen-bond acceptors (Lipinski definition) is 5. The van der Waals surface area contributed by atoms with E-state index in [1.165, 1.54) is 6.33 Å². The Morgan fingerprint density at radius 2 is 2.14 bits per heavy atom. The van der Waals surface area contributed by atoms with Crippen LogP contribution in [0.2, 0.25) is 5.02 Å². The standard InChI is InChI=1S/C20H18BrClN4O3/c1-2-28-17-8-13(16-9-18(27)25-20-23-11-24-26(16)20)7-14(21)19(17)29-10-12-5-3-4-6-15(12)22/h3-8,11,16H,2,9-10H2,1H3,(H,23,24,25,27)/t16-/m1/s1. The van der Waals surface area contributed by atoms with E-state index in [1.54, 1.807) is 4.68 Å². The minimum absolute atomic E-state index is 0.108. The topological polar surface area (TPSA) is 78.3 Å². The number of amides is 1. The van der Waals surface area contributed by atoms with E-state index in [2.05, 4.69) is 31.3 Å². The molecule has 0 spiro atoms. The van der Waals surface area contributed by atoms with Gasteiger partial charge in [-0.05, 0) is 46.6 Å². The normalized spacial score (nSPS) is 15.6. The number of carbonyl (C=O) groups is 1. The Labute approximate surface area is 181 Å². The molecule has 150 valence electrons. The van der Waals surface area contributed by atoms with Gasteiger partial charge in [-0.1, -0.05) is 29.8 Å². The van der Waals surface area contributed by atoms with Gasteiger partial charge in [0, 0.05) is 10.6 Å². The fraction of sp³-hybridized carbons (Fsp3) is 0.250. The Bertz CT molecular complexity index is 1060. The Morgan fingerprint density at radius 1 is 1.31 bits per heavy atom. The molecule has 7 nitrogen and oxygen atoms in total. The van der Waals surface area contributed by atoms with Crippen molar-refractivity contribution in [1.29, 1.82) is 0 Å². The molecule has 0 saturated heterocycles. The lowest BCUT2D eigenvalue weighted by molar-refractivity contribution is -0.117. The number of hydrogen-bond donors (Lipinski definition) is 1. The molecule has 4 rings (SSSR count). The van der Waals surface area contributed by atoms with Crippen LogP contribution in [0.1, 0.15) is 30.5 Å². The van der Waals surface area contributed by atoms with Crippen LogP contribution in [0.25, 0.3) is 0 Å². The zero-order valence-corrected chi connectivity index (χ0v) is 17.9. The maximum absolute atomic E-state index is 12.1. The van der Waals surface area contributed by atoms with Gasteiger partial charge in [0.15, 0.2) is 11.5 Å². The average molecular weight is 478 g/mol. The largest absolute Gasteiger partial charge is 0.490 e. The van der Waals surface area contributed by atoms with Gasteiger partial charge in [-0.25, -0.2) is 4.68 Å². The highest BCUT2D eigenvalue weighted by atomic mass is 79.9. The fourth-order valence-electron chi connectivity index (χ4n) is 3.21.